The van der Waals surface area contributed by atoms with E-state index >= 15 is 0 Å². The molecule has 0 saturated carbocycles. The van der Waals surface area contributed by atoms with Crippen LogP contribution in [-0.4, -0.2) is 81.7 Å². The summed E-state index contributed by atoms with van der Waals surface area (Å²) in [6, 6.07) is 9.15. The predicted octanol–water partition coefficient (Wildman–Crippen LogP) is 2.45. The topological polar surface area (TPSA) is 166 Å². The molecule has 0 bridgehead atoms. The first kappa shape index (κ1) is 31.2. The molecule has 0 spiro atoms. The summed E-state index contributed by atoms with van der Waals surface area (Å²) in [5, 5.41) is 30.0. The smallest absolute Gasteiger partial charge is 0.303 e. The molecule has 0 aromatic heterocycles. The highest BCUT2D eigenvalue weighted by Crippen LogP contribution is 2.36. The molecule has 0 aliphatic carbocycles. The van der Waals surface area contributed by atoms with Gasteiger partial charge in [-0.1, -0.05) is 42.5 Å². The molecule has 218 valence electrons. The van der Waals surface area contributed by atoms with Crippen molar-refractivity contribution in [1.29, 1.82) is 0 Å². The second-order valence-electron chi connectivity index (χ2n) is 9.98. The minimum absolute atomic E-state index is 0.0534. The van der Waals surface area contributed by atoms with Crippen LogP contribution in [0.4, 0.5) is 0 Å². The Labute approximate surface area is 232 Å². The maximum Gasteiger partial charge on any atom is 0.303 e. The van der Waals surface area contributed by atoms with Gasteiger partial charge in [0.1, 0.15) is 18.3 Å². The third-order valence-electron chi connectivity index (χ3n) is 6.85. The van der Waals surface area contributed by atoms with Crippen LogP contribution in [0.15, 0.2) is 55.1 Å². The zero-order valence-corrected chi connectivity index (χ0v) is 22.3. The Morgan fingerprint density at radius 2 is 1.85 bits per heavy atom. The summed E-state index contributed by atoms with van der Waals surface area (Å²) >= 11 is 0. The van der Waals surface area contributed by atoms with E-state index < -0.39 is 72.3 Å². The Balaban J connectivity index is 1.89. The fourth-order valence-electron chi connectivity index (χ4n) is 5.04. The Hall–Kier alpha value is -3.38. The van der Waals surface area contributed by atoms with Crippen LogP contribution >= 0.6 is 0 Å². The van der Waals surface area contributed by atoms with Gasteiger partial charge in [0.25, 0.3) is 0 Å². The summed E-state index contributed by atoms with van der Waals surface area (Å²) in [4.78, 5) is 47.6. The SMILES string of the molecule is C=CCC1C=CC(=O)[C@@H]([C@@H](OC(C)=O)[C@@H]2O[C@H](CC(CCC(=O)O)CC(=O)O)[C@H](OCc3ccccc3)[C@H]2O)O1. The average Bonchev–Trinajstić information content (AvgIpc) is 3.20. The number of carboxylic acid groups (broad SMARTS) is 2. The van der Waals surface area contributed by atoms with Crippen molar-refractivity contribution in [3.05, 3.63) is 60.7 Å². The highest BCUT2D eigenvalue weighted by Gasteiger charge is 2.53. The summed E-state index contributed by atoms with van der Waals surface area (Å²) in [5.41, 5.74) is 0.810. The average molecular weight is 561 g/mol. The summed E-state index contributed by atoms with van der Waals surface area (Å²) in [5.74, 6) is -3.97. The lowest BCUT2D eigenvalue weighted by atomic mass is 9.90. The standard InChI is InChI=1S/C29H36O11/c1-3-7-20-11-12-21(31)26(39-20)29(38-17(2)30)28-25(36)27(37-16-18-8-5-4-6-9-18)22(40-28)14-19(15-24(34)35)10-13-23(32)33/h3-6,8-9,11-12,19-20,22,25-29,36H,1,7,10,13-16H2,2H3,(H,32,33)(H,34,35)/t19?,20?,22-,25-,26+,27+,28-,29-/m1/s1. The number of carbonyl (C=O) groups is 4. The number of aliphatic hydroxyl groups excluding tert-OH is 1. The van der Waals surface area contributed by atoms with Crippen molar-refractivity contribution >= 4 is 23.7 Å². The number of hydrogen-bond acceptors (Lipinski definition) is 9. The van der Waals surface area contributed by atoms with E-state index in [0.29, 0.717) is 6.42 Å². The van der Waals surface area contributed by atoms with Crippen molar-refractivity contribution in [2.45, 2.75) is 88.4 Å². The largest absolute Gasteiger partial charge is 0.481 e. The quantitative estimate of drug-likeness (QED) is 0.213. The van der Waals surface area contributed by atoms with E-state index in [-0.39, 0.29) is 32.3 Å². The van der Waals surface area contributed by atoms with Gasteiger partial charge in [0.15, 0.2) is 18.0 Å². The number of aliphatic hydroxyl groups is 1. The molecule has 11 nitrogen and oxygen atoms in total. The van der Waals surface area contributed by atoms with E-state index in [2.05, 4.69) is 6.58 Å². The van der Waals surface area contributed by atoms with Crippen molar-refractivity contribution in [1.82, 2.24) is 0 Å². The lowest BCUT2D eigenvalue weighted by Gasteiger charge is -2.34. The first-order valence-electron chi connectivity index (χ1n) is 13.2. The number of carbonyl (C=O) groups excluding carboxylic acids is 2. The molecule has 8 atom stereocenters. The maximum atomic E-state index is 12.8. The first-order chi connectivity index (χ1) is 19.1. The molecule has 1 saturated heterocycles. The van der Waals surface area contributed by atoms with Gasteiger partial charge in [0, 0.05) is 19.8 Å². The zero-order chi connectivity index (χ0) is 29.2. The molecule has 40 heavy (non-hydrogen) atoms. The van der Waals surface area contributed by atoms with Crippen LogP contribution in [0.1, 0.15) is 44.6 Å². The number of aliphatic carboxylic acids is 2. The van der Waals surface area contributed by atoms with Crippen LogP contribution in [0.5, 0.6) is 0 Å². The van der Waals surface area contributed by atoms with Gasteiger partial charge in [-0.05, 0) is 36.8 Å². The fourth-order valence-corrected chi connectivity index (χ4v) is 5.04. The van der Waals surface area contributed by atoms with Crippen LogP contribution < -0.4 is 0 Å². The van der Waals surface area contributed by atoms with Gasteiger partial charge in [-0.3, -0.25) is 19.2 Å². The summed E-state index contributed by atoms with van der Waals surface area (Å²) < 4.78 is 23.7. The van der Waals surface area contributed by atoms with Crippen molar-refractivity contribution in [2.24, 2.45) is 5.92 Å². The normalized spacial score (nSPS) is 27.6. The van der Waals surface area contributed by atoms with Gasteiger partial charge in [0.2, 0.25) is 0 Å². The molecule has 2 heterocycles. The van der Waals surface area contributed by atoms with Crippen molar-refractivity contribution in [2.75, 3.05) is 0 Å². The molecule has 0 radical (unpaired) electrons. The second-order valence-corrected chi connectivity index (χ2v) is 9.98. The number of esters is 1. The van der Waals surface area contributed by atoms with Crippen LogP contribution in [-0.2, 0) is 44.7 Å². The molecular formula is C29H36O11. The van der Waals surface area contributed by atoms with Crippen molar-refractivity contribution in [3.8, 4) is 0 Å². The van der Waals surface area contributed by atoms with Crippen molar-refractivity contribution in [3.63, 3.8) is 0 Å². The molecule has 11 heteroatoms. The Bertz CT molecular complexity index is 1070. The third kappa shape index (κ3) is 8.82. The van der Waals surface area contributed by atoms with Crippen molar-refractivity contribution < 1.29 is 53.4 Å². The molecule has 3 rings (SSSR count). The molecule has 0 amide bonds. The van der Waals surface area contributed by atoms with E-state index in [1.807, 2.05) is 30.3 Å². The predicted molar refractivity (Wildman–Crippen MR) is 140 cm³/mol. The fraction of sp³-hybridized carbons (Fsp3) is 0.517. The minimum atomic E-state index is -1.39. The van der Waals surface area contributed by atoms with E-state index in [9.17, 15) is 29.4 Å². The second kappa shape index (κ2) is 14.8. The minimum Gasteiger partial charge on any atom is -0.481 e. The number of carboxylic acids is 2. The van der Waals surface area contributed by atoms with E-state index in [4.69, 9.17) is 24.1 Å². The van der Waals surface area contributed by atoms with Gasteiger partial charge < -0.3 is 34.3 Å². The maximum absolute atomic E-state index is 12.8. The highest BCUT2D eigenvalue weighted by molar-refractivity contribution is 5.95. The number of ketones is 1. The molecular weight excluding hydrogens is 524 g/mol. The third-order valence-corrected chi connectivity index (χ3v) is 6.85. The van der Waals surface area contributed by atoms with E-state index in [1.54, 1.807) is 12.2 Å². The number of benzene rings is 1. The lowest BCUT2D eigenvalue weighted by Crippen LogP contribution is -2.52. The van der Waals surface area contributed by atoms with Gasteiger partial charge >= 0.3 is 17.9 Å². The summed E-state index contributed by atoms with van der Waals surface area (Å²) in [6.45, 7) is 4.93. The summed E-state index contributed by atoms with van der Waals surface area (Å²) in [6.07, 6.45) is -3.15. The molecule has 2 unspecified atom stereocenters. The highest BCUT2D eigenvalue weighted by atomic mass is 16.6. The molecule has 3 N–H and O–H groups in total. The van der Waals surface area contributed by atoms with Gasteiger partial charge in [-0.15, -0.1) is 6.58 Å². The Morgan fingerprint density at radius 1 is 1.12 bits per heavy atom. The van der Waals surface area contributed by atoms with Crippen LogP contribution in [0.3, 0.4) is 0 Å². The number of hydrogen-bond donors (Lipinski definition) is 3. The zero-order valence-electron chi connectivity index (χ0n) is 22.3. The Kier molecular flexibility index (Phi) is 11.6. The van der Waals surface area contributed by atoms with Gasteiger partial charge in [0.05, 0.1) is 18.8 Å². The molecule has 1 aromatic carbocycles. The number of rotatable bonds is 15. The molecule has 1 aromatic rings. The van der Waals surface area contributed by atoms with Crippen LogP contribution in [0.2, 0.25) is 0 Å². The van der Waals surface area contributed by atoms with Crippen LogP contribution in [0, 0.1) is 5.92 Å². The lowest BCUT2D eigenvalue weighted by molar-refractivity contribution is -0.182. The summed E-state index contributed by atoms with van der Waals surface area (Å²) in [7, 11) is 0. The van der Waals surface area contributed by atoms with Gasteiger partial charge in [-0.2, -0.15) is 0 Å². The van der Waals surface area contributed by atoms with Gasteiger partial charge in [-0.25, -0.2) is 0 Å². The first-order valence-corrected chi connectivity index (χ1v) is 13.2. The number of ether oxygens (including phenoxy) is 4. The van der Waals surface area contributed by atoms with E-state index in [1.165, 1.54) is 6.08 Å². The monoisotopic (exact) mass is 560 g/mol. The molecule has 2 aliphatic heterocycles. The molecule has 1 fully saturated rings. The Morgan fingerprint density at radius 3 is 2.48 bits per heavy atom. The van der Waals surface area contributed by atoms with E-state index in [0.717, 1.165) is 12.5 Å². The molecule has 2 aliphatic rings. The van der Waals surface area contributed by atoms with Crippen LogP contribution in [0.25, 0.3) is 0 Å².